The zero-order chi connectivity index (χ0) is 17.8. The zero-order valence-corrected chi connectivity index (χ0v) is 14.1. The fourth-order valence-corrected chi connectivity index (χ4v) is 2.36. The van der Waals surface area contributed by atoms with Crippen molar-refractivity contribution >= 4 is 23.1 Å². The van der Waals surface area contributed by atoms with Crippen molar-refractivity contribution in [1.29, 1.82) is 0 Å². The molecular weight excluding hydrogens is 314 g/mol. The van der Waals surface area contributed by atoms with Crippen LogP contribution in [0.1, 0.15) is 21.5 Å². The number of anilines is 3. The zero-order valence-electron chi connectivity index (χ0n) is 14.1. The molecule has 0 unspecified atom stereocenters. The van der Waals surface area contributed by atoms with E-state index >= 15 is 0 Å². The van der Waals surface area contributed by atoms with Gasteiger partial charge in [-0.1, -0.05) is 6.07 Å². The van der Waals surface area contributed by atoms with Gasteiger partial charge < -0.3 is 15.7 Å². The van der Waals surface area contributed by atoms with Gasteiger partial charge in [0.15, 0.2) is 5.82 Å². The van der Waals surface area contributed by atoms with Gasteiger partial charge in [0.25, 0.3) is 5.91 Å². The summed E-state index contributed by atoms with van der Waals surface area (Å²) in [6.45, 7) is 3.99. The lowest BCUT2D eigenvalue weighted by molar-refractivity contribution is 0.102. The molecule has 1 aromatic heterocycles. The van der Waals surface area contributed by atoms with Crippen molar-refractivity contribution in [2.24, 2.45) is 0 Å². The minimum atomic E-state index is -0.190. The maximum atomic E-state index is 12.5. The molecule has 5 nitrogen and oxygen atoms in total. The van der Waals surface area contributed by atoms with E-state index in [2.05, 4.69) is 15.6 Å². The molecule has 3 N–H and O–H groups in total. The van der Waals surface area contributed by atoms with Gasteiger partial charge in [0.05, 0.1) is 5.69 Å². The van der Waals surface area contributed by atoms with E-state index in [1.165, 1.54) is 0 Å². The first-order valence-electron chi connectivity index (χ1n) is 7.92. The van der Waals surface area contributed by atoms with E-state index in [1.54, 1.807) is 48.7 Å². The molecule has 25 heavy (non-hydrogen) atoms. The van der Waals surface area contributed by atoms with Crippen LogP contribution in [-0.4, -0.2) is 16.0 Å². The summed E-state index contributed by atoms with van der Waals surface area (Å²) in [7, 11) is 0. The third-order valence-electron chi connectivity index (χ3n) is 3.96. The molecule has 3 aromatic rings. The van der Waals surface area contributed by atoms with Crippen LogP contribution in [0.5, 0.6) is 5.75 Å². The van der Waals surface area contributed by atoms with Crippen molar-refractivity contribution in [2.75, 3.05) is 10.6 Å². The SMILES string of the molecule is Cc1ccc(C(=O)Nc2cccnc2Nc2ccc(O)cc2)cc1C. The van der Waals surface area contributed by atoms with Crippen LogP contribution in [0.3, 0.4) is 0 Å². The van der Waals surface area contributed by atoms with E-state index in [0.29, 0.717) is 17.1 Å². The molecule has 1 heterocycles. The number of phenolic OH excluding ortho intramolecular Hbond substituents is 1. The van der Waals surface area contributed by atoms with Crippen LogP contribution in [-0.2, 0) is 0 Å². The Balaban J connectivity index is 1.81. The van der Waals surface area contributed by atoms with Gasteiger partial charge in [0.1, 0.15) is 5.75 Å². The molecule has 0 aliphatic heterocycles. The monoisotopic (exact) mass is 333 g/mol. The Hall–Kier alpha value is -3.34. The van der Waals surface area contributed by atoms with Crippen LogP contribution in [0.4, 0.5) is 17.2 Å². The fraction of sp³-hybridized carbons (Fsp3) is 0.100. The smallest absolute Gasteiger partial charge is 0.255 e. The van der Waals surface area contributed by atoms with Crippen molar-refractivity contribution in [1.82, 2.24) is 4.98 Å². The van der Waals surface area contributed by atoms with E-state index in [1.807, 2.05) is 26.0 Å². The molecule has 0 spiro atoms. The average Bonchev–Trinajstić information content (AvgIpc) is 2.61. The first-order valence-corrected chi connectivity index (χ1v) is 7.92. The van der Waals surface area contributed by atoms with Gasteiger partial charge in [0.2, 0.25) is 0 Å². The van der Waals surface area contributed by atoms with Crippen LogP contribution in [0.2, 0.25) is 0 Å². The highest BCUT2D eigenvalue weighted by Crippen LogP contribution is 2.24. The van der Waals surface area contributed by atoms with Crippen molar-refractivity contribution in [2.45, 2.75) is 13.8 Å². The molecule has 2 aromatic carbocycles. The highest BCUT2D eigenvalue weighted by atomic mass is 16.3. The maximum Gasteiger partial charge on any atom is 0.255 e. The summed E-state index contributed by atoms with van der Waals surface area (Å²) in [5.41, 5.74) is 4.16. The van der Waals surface area contributed by atoms with Crippen molar-refractivity contribution in [3.8, 4) is 5.75 Å². The van der Waals surface area contributed by atoms with Crippen molar-refractivity contribution < 1.29 is 9.90 Å². The number of nitrogens with one attached hydrogen (secondary N) is 2. The summed E-state index contributed by atoms with van der Waals surface area (Å²) < 4.78 is 0. The molecule has 1 amide bonds. The first-order chi connectivity index (χ1) is 12.0. The number of carbonyl (C=O) groups excluding carboxylic acids is 1. The van der Waals surface area contributed by atoms with E-state index in [-0.39, 0.29) is 11.7 Å². The van der Waals surface area contributed by atoms with Gasteiger partial charge in [-0.05, 0) is 73.5 Å². The second-order valence-corrected chi connectivity index (χ2v) is 5.82. The largest absolute Gasteiger partial charge is 0.508 e. The minimum absolute atomic E-state index is 0.190. The van der Waals surface area contributed by atoms with Crippen LogP contribution in [0.25, 0.3) is 0 Å². The quantitative estimate of drug-likeness (QED) is 0.619. The number of aromatic nitrogens is 1. The molecule has 0 fully saturated rings. The first kappa shape index (κ1) is 16.5. The Bertz CT molecular complexity index is 905. The second kappa shape index (κ2) is 7.05. The number of nitrogens with zero attached hydrogens (tertiary/aromatic N) is 1. The molecule has 3 rings (SSSR count). The molecule has 0 aliphatic rings. The highest BCUT2D eigenvalue weighted by molar-refractivity contribution is 6.05. The lowest BCUT2D eigenvalue weighted by Crippen LogP contribution is -2.14. The Labute approximate surface area is 146 Å². The number of phenols is 1. The molecule has 5 heteroatoms. The van der Waals surface area contributed by atoms with Crippen molar-refractivity contribution in [3.63, 3.8) is 0 Å². The standard InChI is InChI=1S/C20H19N3O2/c1-13-5-6-15(12-14(13)2)20(25)23-18-4-3-11-21-19(18)22-16-7-9-17(24)10-8-16/h3-12,24H,1-2H3,(H,21,22)(H,23,25). The molecule has 0 aliphatic carbocycles. The lowest BCUT2D eigenvalue weighted by atomic mass is 10.1. The van der Waals surface area contributed by atoms with Crippen LogP contribution < -0.4 is 10.6 Å². The number of aryl methyl sites for hydroxylation is 2. The van der Waals surface area contributed by atoms with Crippen LogP contribution >= 0.6 is 0 Å². The molecule has 126 valence electrons. The van der Waals surface area contributed by atoms with E-state index in [0.717, 1.165) is 16.8 Å². The Kier molecular flexibility index (Phi) is 4.66. The topological polar surface area (TPSA) is 74.2 Å². The third kappa shape index (κ3) is 3.95. The fourth-order valence-electron chi connectivity index (χ4n) is 2.36. The van der Waals surface area contributed by atoms with E-state index in [4.69, 9.17) is 0 Å². The van der Waals surface area contributed by atoms with Gasteiger partial charge in [-0.15, -0.1) is 0 Å². The third-order valence-corrected chi connectivity index (χ3v) is 3.96. The van der Waals surface area contributed by atoms with Gasteiger partial charge in [0, 0.05) is 17.4 Å². The Morgan fingerprint density at radius 3 is 2.48 bits per heavy atom. The molecule has 0 radical (unpaired) electrons. The minimum Gasteiger partial charge on any atom is -0.508 e. The van der Waals surface area contributed by atoms with E-state index in [9.17, 15) is 9.90 Å². The summed E-state index contributed by atoms with van der Waals surface area (Å²) in [4.78, 5) is 16.8. The number of amides is 1. The number of pyridine rings is 1. The number of aromatic hydroxyl groups is 1. The maximum absolute atomic E-state index is 12.5. The lowest BCUT2D eigenvalue weighted by Gasteiger charge is -2.12. The second-order valence-electron chi connectivity index (χ2n) is 5.82. The molecule has 0 atom stereocenters. The summed E-state index contributed by atoms with van der Waals surface area (Å²) in [5.74, 6) is 0.532. The molecule has 0 saturated heterocycles. The Morgan fingerprint density at radius 1 is 1.00 bits per heavy atom. The number of carbonyl (C=O) groups is 1. The van der Waals surface area contributed by atoms with Crippen LogP contribution in [0, 0.1) is 13.8 Å². The summed E-state index contributed by atoms with van der Waals surface area (Å²) in [5, 5.41) is 15.4. The van der Waals surface area contributed by atoms with Gasteiger partial charge >= 0.3 is 0 Å². The molecule has 0 bridgehead atoms. The number of hydrogen-bond acceptors (Lipinski definition) is 4. The molecular formula is C20H19N3O2. The molecule has 0 saturated carbocycles. The normalized spacial score (nSPS) is 10.3. The highest BCUT2D eigenvalue weighted by Gasteiger charge is 2.11. The predicted octanol–water partition coefficient (Wildman–Crippen LogP) is 4.40. The van der Waals surface area contributed by atoms with Gasteiger partial charge in [-0.2, -0.15) is 0 Å². The number of hydrogen-bond donors (Lipinski definition) is 3. The number of rotatable bonds is 4. The number of benzene rings is 2. The summed E-state index contributed by atoms with van der Waals surface area (Å²) in [6, 6.07) is 15.8. The Morgan fingerprint density at radius 2 is 1.76 bits per heavy atom. The average molecular weight is 333 g/mol. The van der Waals surface area contributed by atoms with Gasteiger partial charge in [-0.25, -0.2) is 4.98 Å². The van der Waals surface area contributed by atoms with Crippen molar-refractivity contribution in [3.05, 3.63) is 77.5 Å². The van der Waals surface area contributed by atoms with E-state index < -0.39 is 0 Å². The predicted molar refractivity (Wildman–Crippen MR) is 99.5 cm³/mol. The summed E-state index contributed by atoms with van der Waals surface area (Å²) >= 11 is 0. The van der Waals surface area contributed by atoms with Gasteiger partial charge in [-0.3, -0.25) is 4.79 Å². The van der Waals surface area contributed by atoms with Crippen LogP contribution in [0.15, 0.2) is 60.8 Å². The summed E-state index contributed by atoms with van der Waals surface area (Å²) in [6.07, 6.45) is 1.65.